The minimum atomic E-state index is -0.338. The Labute approximate surface area is 147 Å². The molecule has 0 N–H and O–H groups in total. The normalized spacial score (nSPS) is 18.1. The number of benzene rings is 2. The maximum absolute atomic E-state index is 12.6. The highest BCUT2D eigenvalue weighted by molar-refractivity contribution is 14.1. The molecular weight excluding hydrogens is 409 g/mol. The van der Waals surface area contributed by atoms with Crippen LogP contribution in [-0.2, 0) is 9.59 Å². The molecule has 0 bridgehead atoms. The van der Waals surface area contributed by atoms with Crippen LogP contribution >= 0.6 is 34.4 Å². The summed E-state index contributed by atoms with van der Waals surface area (Å²) in [7, 11) is 0. The topological polar surface area (TPSA) is 37.4 Å². The third kappa shape index (κ3) is 3.20. The monoisotopic (exact) mass is 423 g/mol. The van der Waals surface area contributed by atoms with E-state index >= 15 is 0 Å². The van der Waals surface area contributed by atoms with Gasteiger partial charge in [-0.05, 0) is 65.9 Å². The molecule has 1 heterocycles. The van der Waals surface area contributed by atoms with Crippen molar-refractivity contribution in [3.63, 3.8) is 0 Å². The number of thioether (sulfide) groups is 1. The lowest BCUT2D eigenvalue weighted by atomic mass is 10.2. The first-order valence-corrected chi connectivity index (χ1v) is 8.86. The smallest absolute Gasteiger partial charge is 0.247 e. The molecule has 2 amide bonds. The van der Waals surface area contributed by atoms with Gasteiger partial charge >= 0.3 is 0 Å². The number of aryl methyl sites for hydroxylation is 1. The Kier molecular flexibility index (Phi) is 4.54. The van der Waals surface area contributed by atoms with Crippen molar-refractivity contribution in [2.75, 3.05) is 4.90 Å². The van der Waals surface area contributed by atoms with Crippen LogP contribution in [0.2, 0.25) is 0 Å². The highest BCUT2D eigenvalue weighted by Crippen LogP contribution is 2.34. The highest BCUT2D eigenvalue weighted by atomic mass is 127. The van der Waals surface area contributed by atoms with Crippen LogP contribution in [0.1, 0.15) is 12.0 Å². The van der Waals surface area contributed by atoms with Crippen molar-refractivity contribution in [3.8, 4) is 0 Å². The average Bonchev–Trinajstić information content (AvgIpc) is 2.77. The van der Waals surface area contributed by atoms with Gasteiger partial charge in [0.15, 0.2) is 0 Å². The molecule has 0 radical (unpaired) electrons. The summed E-state index contributed by atoms with van der Waals surface area (Å²) in [6, 6.07) is 15.4. The Hall–Kier alpha value is -1.34. The first-order chi connectivity index (χ1) is 10.5. The zero-order chi connectivity index (χ0) is 15.7. The van der Waals surface area contributed by atoms with E-state index in [1.807, 2.05) is 55.5 Å². The van der Waals surface area contributed by atoms with Crippen LogP contribution in [0.4, 0.5) is 5.69 Å². The van der Waals surface area contributed by atoms with Crippen LogP contribution in [0.5, 0.6) is 0 Å². The number of imide groups is 1. The van der Waals surface area contributed by atoms with Crippen molar-refractivity contribution in [1.82, 2.24) is 0 Å². The number of carbonyl (C=O) groups excluding carboxylic acids is 2. The second-order valence-electron chi connectivity index (χ2n) is 5.17. The van der Waals surface area contributed by atoms with Crippen LogP contribution in [0.25, 0.3) is 0 Å². The first-order valence-electron chi connectivity index (χ1n) is 6.90. The minimum absolute atomic E-state index is 0.128. The van der Waals surface area contributed by atoms with Gasteiger partial charge in [0.1, 0.15) is 0 Å². The number of anilines is 1. The first kappa shape index (κ1) is 15.6. The fourth-order valence-corrected chi connectivity index (χ4v) is 3.75. The molecule has 1 aliphatic rings. The lowest BCUT2D eigenvalue weighted by Gasteiger charge is -2.15. The zero-order valence-electron chi connectivity index (χ0n) is 12.0. The summed E-state index contributed by atoms with van der Waals surface area (Å²) < 4.78 is 1.08. The van der Waals surface area contributed by atoms with E-state index in [1.54, 1.807) is 0 Å². The van der Waals surface area contributed by atoms with E-state index in [4.69, 9.17) is 0 Å². The summed E-state index contributed by atoms with van der Waals surface area (Å²) in [4.78, 5) is 27.1. The fraction of sp³-hybridized carbons (Fsp3) is 0.176. The number of hydrogen-bond acceptors (Lipinski definition) is 3. The van der Waals surface area contributed by atoms with Gasteiger partial charge in [0.05, 0.1) is 10.9 Å². The van der Waals surface area contributed by atoms with Gasteiger partial charge < -0.3 is 0 Å². The number of nitrogens with zero attached hydrogens (tertiary/aromatic N) is 1. The third-order valence-corrected chi connectivity index (χ3v) is 5.41. The second kappa shape index (κ2) is 6.42. The van der Waals surface area contributed by atoms with Crippen molar-refractivity contribution in [2.45, 2.75) is 23.5 Å². The summed E-state index contributed by atoms with van der Waals surface area (Å²) in [6.07, 6.45) is 0.253. The van der Waals surface area contributed by atoms with Crippen molar-refractivity contribution in [1.29, 1.82) is 0 Å². The summed E-state index contributed by atoms with van der Waals surface area (Å²) in [6.45, 7) is 2.03. The van der Waals surface area contributed by atoms with Gasteiger partial charge in [-0.1, -0.05) is 17.7 Å². The van der Waals surface area contributed by atoms with Crippen molar-refractivity contribution in [3.05, 3.63) is 57.7 Å². The van der Waals surface area contributed by atoms with Crippen molar-refractivity contribution < 1.29 is 9.59 Å². The number of carbonyl (C=O) groups is 2. The number of halogens is 1. The molecule has 2 aromatic rings. The van der Waals surface area contributed by atoms with Crippen LogP contribution < -0.4 is 4.90 Å². The molecule has 0 aliphatic carbocycles. The standard InChI is InChI=1S/C17H14INO2S/c1-11-2-8-14(9-3-11)22-15-10-16(20)19(17(15)21)13-6-4-12(18)5-7-13/h2-9,15H,10H2,1H3/t15-/m0/s1. The van der Waals surface area contributed by atoms with Crippen molar-refractivity contribution in [2.24, 2.45) is 0 Å². The SMILES string of the molecule is Cc1ccc(S[C@H]2CC(=O)N(c3ccc(I)cc3)C2=O)cc1. The largest absolute Gasteiger partial charge is 0.274 e. The molecule has 3 nitrogen and oxygen atoms in total. The molecule has 22 heavy (non-hydrogen) atoms. The maximum Gasteiger partial charge on any atom is 0.247 e. The molecule has 1 fully saturated rings. The summed E-state index contributed by atoms with van der Waals surface area (Å²) in [5, 5.41) is -0.338. The lowest BCUT2D eigenvalue weighted by molar-refractivity contribution is -0.121. The van der Waals surface area contributed by atoms with Crippen LogP contribution in [0.3, 0.4) is 0 Å². The maximum atomic E-state index is 12.6. The molecule has 0 unspecified atom stereocenters. The van der Waals surface area contributed by atoms with E-state index in [-0.39, 0.29) is 23.5 Å². The van der Waals surface area contributed by atoms with Crippen LogP contribution in [0.15, 0.2) is 53.4 Å². The summed E-state index contributed by atoms with van der Waals surface area (Å²) >= 11 is 3.66. The van der Waals surface area contributed by atoms with Crippen molar-refractivity contribution >= 4 is 51.9 Å². The Bertz CT molecular complexity index is 712. The van der Waals surface area contributed by atoms with Gasteiger partial charge in [0.25, 0.3) is 0 Å². The van der Waals surface area contributed by atoms with E-state index in [1.165, 1.54) is 22.2 Å². The molecule has 0 spiro atoms. The van der Waals surface area contributed by atoms with Gasteiger partial charge in [0, 0.05) is 14.9 Å². The minimum Gasteiger partial charge on any atom is -0.274 e. The molecule has 0 aromatic heterocycles. The Morgan fingerprint density at radius 1 is 1.05 bits per heavy atom. The molecular formula is C17H14INO2S. The quantitative estimate of drug-likeness (QED) is 0.553. The van der Waals surface area contributed by atoms with E-state index in [0.717, 1.165) is 8.47 Å². The number of amides is 2. The summed E-state index contributed by atoms with van der Waals surface area (Å²) in [5.41, 5.74) is 1.83. The van der Waals surface area contributed by atoms with Gasteiger partial charge in [-0.2, -0.15) is 0 Å². The summed E-state index contributed by atoms with van der Waals surface area (Å²) in [5.74, 6) is -0.257. The molecule has 5 heteroatoms. The number of rotatable bonds is 3. The molecule has 3 rings (SSSR count). The van der Waals surface area contributed by atoms with E-state index < -0.39 is 0 Å². The second-order valence-corrected chi connectivity index (χ2v) is 7.69. The molecule has 1 atom stereocenters. The molecule has 1 saturated heterocycles. The fourth-order valence-electron chi connectivity index (χ4n) is 2.34. The Morgan fingerprint density at radius 3 is 2.32 bits per heavy atom. The van der Waals surface area contributed by atoms with E-state index in [9.17, 15) is 9.59 Å². The third-order valence-electron chi connectivity index (χ3n) is 3.49. The van der Waals surface area contributed by atoms with Gasteiger partial charge in [0.2, 0.25) is 11.8 Å². The Balaban J connectivity index is 1.79. The zero-order valence-corrected chi connectivity index (χ0v) is 14.9. The van der Waals surface area contributed by atoms with E-state index in [0.29, 0.717) is 5.69 Å². The molecule has 112 valence electrons. The van der Waals surface area contributed by atoms with Crippen LogP contribution in [0, 0.1) is 10.5 Å². The lowest BCUT2D eigenvalue weighted by Crippen LogP contribution is -2.31. The predicted octanol–water partition coefficient (Wildman–Crippen LogP) is 4.02. The molecule has 0 saturated carbocycles. The number of hydrogen-bond donors (Lipinski definition) is 0. The van der Waals surface area contributed by atoms with E-state index in [2.05, 4.69) is 22.6 Å². The molecule has 2 aromatic carbocycles. The van der Waals surface area contributed by atoms with Gasteiger partial charge in [-0.15, -0.1) is 11.8 Å². The predicted molar refractivity (Wildman–Crippen MR) is 97.1 cm³/mol. The molecule has 1 aliphatic heterocycles. The van der Waals surface area contributed by atoms with Gasteiger partial charge in [-0.3, -0.25) is 9.59 Å². The average molecular weight is 423 g/mol. The highest BCUT2D eigenvalue weighted by Gasteiger charge is 2.40. The van der Waals surface area contributed by atoms with Crippen LogP contribution in [-0.4, -0.2) is 17.1 Å². The van der Waals surface area contributed by atoms with Gasteiger partial charge in [-0.25, -0.2) is 4.90 Å². The Morgan fingerprint density at radius 2 is 1.68 bits per heavy atom.